The van der Waals surface area contributed by atoms with Crippen LogP contribution >= 0.6 is 16.3 Å². The number of carbonyl (C=O) groups is 1. The molecule has 5 heteroatoms. The molecule has 0 aliphatic carbocycles. The van der Waals surface area contributed by atoms with E-state index in [1.54, 1.807) is 6.92 Å². The summed E-state index contributed by atoms with van der Waals surface area (Å²) in [4.78, 5) is 10.9. The van der Waals surface area contributed by atoms with E-state index in [0.717, 1.165) is 0 Å². The van der Waals surface area contributed by atoms with Crippen molar-refractivity contribution in [3.63, 3.8) is 0 Å². The number of halogens is 1. The van der Waals surface area contributed by atoms with Crippen LogP contribution in [0.25, 0.3) is 0 Å². The molecule has 0 aromatic heterocycles. The van der Waals surface area contributed by atoms with Gasteiger partial charge >= 0.3 is 5.97 Å². The van der Waals surface area contributed by atoms with Gasteiger partial charge in [0, 0.05) is 5.57 Å². The quantitative estimate of drug-likeness (QED) is 0.408. The molecule has 0 spiro atoms. The van der Waals surface area contributed by atoms with Crippen LogP contribution in [0.3, 0.4) is 0 Å². The molecule has 0 atom stereocenters. The highest BCUT2D eigenvalue weighted by atomic mass is 79.9. The van der Waals surface area contributed by atoms with E-state index in [2.05, 4.69) is 22.8 Å². The van der Waals surface area contributed by atoms with Gasteiger partial charge in [0.15, 0.2) is 0 Å². The molecule has 0 fully saturated rings. The zero-order chi connectivity index (χ0) is 11.9. The molecule has 0 saturated heterocycles. The van der Waals surface area contributed by atoms with Crippen molar-refractivity contribution in [2.24, 2.45) is 0 Å². The Morgan fingerprint density at radius 1 is 1.40 bits per heavy atom. The summed E-state index contributed by atoms with van der Waals surface area (Å²) in [6.07, 6.45) is 0. The maximum Gasteiger partial charge on any atom is 0.333 e. The number of ether oxygens (including phenoxy) is 2. The molecule has 4 nitrogen and oxygen atoms in total. The molecule has 0 heterocycles. The second kappa shape index (κ2) is 6.98. The molecule has 0 saturated carbocycles. The SMILES string of the molecule is C=C(C)C(=O)OCCOCC(C)(C)OBr. The van der Waals surface area contributed by atoms with Gasteiger partial charge in [0.2, 0.25) is 0 Å². The van der Waals surface area contributed by atoms with Crippen LogP contribution in [0.4, 0.5) is 0 Å². The lowest BCUT2D eigenvalue weighted by Crippen LogP contribution is -2.28. The van der Waals surface area contributed by atoms with Gasteiger partial charge in [0.1, 0.15) is 12.2 Å². The van der Waals surface area contributed by atoms with Crippen molar-refractivity contribution < 1.29 is 18.1 Å². The van der Waals surface area contributed by atoms with Gasteiger partial charge in [-0.2, -0.15) is 0 Å². The van der Waals surface area contributed by atoms with Crippen molar-refractivity contribution in [1.29, 1.82) is 0 Å². The van der Waals surface area contributed by atoms with E-state index in [-0.39, 0.29) is 6.61 Å². The molecular formula is C10H17BrO4. The maximum absolute atomic E-state index is 10.9. The van der Waals surface area contributed by atoms with Crippen LogP contribution in [0.5, 0.6) is 0 Å². The molecule has 0 rings (SSSR count). The van der Waals surface area contributed by atoms with E-state index in [4.69, 9.17) is 13.3 Å². The lowest BCUT2D eigenvalue weighted by Gasteiger charge is -2.20. The van der Waals surface area contributed by atoms with Crippen LogP contribution in [-0.2, 0) is 18.1 Å². The van der Waals surface area contributed by atoms with Gasteiger partial charge in [-0.25, -0.2) is 4.79 Å². The standard InChI is InChI=1S/C10H17BrO4/c1-8(2)9(12)14-6-5-13-7-10(3,4)15-11/h1,5-7H2,2-4H3. The number of hydrogen-bond acceptors (Lipinski definition) is 4. The molecular weight excluding hydrogens is 264 g/mol. The van der Waals surface area contributed by atoms with Gasteiger partial charge in [0.25, 0.3) is 0 Å². The van der Waals surface area contributed by atoms with E-state index < -0.39 is 11.6 Å². The molecule has 0 amide bonds. The minimum absolute atomic E-state index is 0.226. The molecule has 0 aliphatic heterocycles. The summed E-state index contributed by atoms with van der Waals surface area (Å²) >= 11 is 2.91. The van der Waals surface area contributed by atoms with Crippen molar-refractivity contribution >= 4 is 22.2 Å². The summed E-state index contributed by atoms with van der Waals surface area (Å²) in [6, 6.07) is 0. The molecule has 88 valence electrons. The van der Waals surface area contributed by atoms with E-state index >= 15 is 0 Å². The monoisotopic (exact) mass is 280 g/mol. The van der Waals surface area contributed by atoms with E-state index in [0.29, 0.717) is 18.8 Å². The highest BCUT2D eigenvalue weighted by Crippen LogP contribution is 2.12. The van der Waals surface area contributed by atoms with Gasteiger partial charge in [-0.3, -0.25) is 3.83 Å². The van der Waals surface area contributed by atoms with Crippen LogP contribution in [0, 0.1) is 0 Å². The summed E-state index contributed by atoms with van der Waals surface area (Å²) in [7, 11) is 0. The highest BCUT2D eigenvalue weighted by Gasteiger charge is 2.17. The van der Waals surface area contributed by atoms with Crippen LogP contribution in [0.2, 0.25) is 0 Å². The molecule has 0 aliphatic rings. The summed E-state index contributed by atoms with van der Waals surface area (Å²) in [5, 5.41) is 0. The Kier molecular flexibility index (Phi) is 6.80. The zero-order valence-corrected chi connectivity index (χ0v) is 10.9. The molecule has 0 aromatic rings. The second-order valence-electron chi connectivity index (χ2n) is 3.81. The molecule has 0 N–H and O–H groups in total. The number of esters is 1. The second-order valence-corrected chi connectivity index (χ2v) is 4.13. The predicted molar refractivity (Wildman–Crippen MR) is 60.7 cm³/mol. The molecule has 0 aromatic carbocycles. The van der Waals surface area contributed by atoms with Crippen molar-refractivity contribution in [2.45, 2.75) is 26.4 Å². The lowest BCUT2D eigenvalue weighted by atomic mass is 10.2. The predicted octanol–water partition coefficient (Wildman–Crippen LogP) is 2.23. The average Bonchev–Trinajstić information content (AvgIpc) is 2.16. The lowest BCUT2D eigenvalue weighted by molar-refractivity contribution is -0.140. The first-order valence-corrected chi connectivity index (χ1v) is 5.24. The van der Waals surface area contributed by atoms with Crippen molar-refractivity contribution in [3.05, 3.63) is 12.2 Å². The Morgan fingerprint density at radius 3 is 2.47 bits per heavy atom. The summed E-state index contributed by atoms with van der Waals surface area (Å²) in [5.41, 5.74) is -0.00244. The topological polar surface area (TPSA) is 44.8 Å². The Balaban J connectivity index is 3.48. The smallest absolute Gasteiger partial charge is 0.333 e. The Hall–Kier alpha value is -0.390. The van der Waals surface area contributed by atoms with Crippen molar-refractivity contribution in [1.82, 2.24) is 0 Å². The fraction of sp³-hybridized carbons (Fsp3) is 0.700. The first-order valence-electron chi connectivity index (χ1n) is 4.59. The zero-order valence-electron chi connectivity index (χ0n) is 9.34. The van der Waals surface area contributed by atoms with Gasteiger partial charge < -0.3 is 9.47 Å². The van der Waals surface area contributed by atoms with Gasteiger partial charge in [-0.15, -0.1) is 0 Å². The fourth-order valence-corrected chi connectivity index (χ4v) is 0.750. The van der Waals surface area contributed by atoms with Gasteiger partial charge in [-0.1, -0.05) is 6.58 Å². The summed E-state index contributed by atoms with van der Waals surface area (Å²) in [5.74, 6) is -0.394. The van der Waals surface area contributed by atoms with Crippen LogP contribution < -0.4 is 0 Å². The Labute approximate surface area is 99.0 Å². The van der Waals surface area contributed by atoms with E-state index in [1.807, 2.05) is 13.8 Å². The number of carbonyl (C=O) groups excluding carboxylic acids is 1. The molecule has 0 bridgehead atoms. The Morgan fingerprint density at radius 2 is 2.00 bits per heavy atom. The maximum atomic E-state index is 10.9. The third kappa shape index (κ3) is 7.53. The van der Waals surface area contributed by atoms with Gasteiger partial charge in [0.05, 0.1) is 29.5 Å². The van der Waals surface area contributed by atoms with Crippen LogP contribution in [0.15, 0.2) is 12.2 Å². The largest absolute Gasteiger partial charge is 0.460 e. The molecule has 15 heavy (non-hydrogen) atoms. The van der Waals surface area contributed by atoms with E-state index in [9.17, 15) is 4.79 Å². The minimum atomic E-state index is -0.394. The Bertz CT molecular complexity index is 225. The summed E-state index contributed by atoms with van der Waals surface area (Å²) < 4.78 is 15.1. The molecule has 0 unspecified atom stereocenters. The third-order valence-corrected chi connectivity index (χ3v) is 2.34. The molecule has 0 radical (unpaired) electrons. The minimum Gasteiger partial charge on any atom is -0.460 e. The third-order valence-electron chi connectivity index (χ3n) is 1.47. The van der Waals surface area contributed by atoms with Crippen molar-refractivity contribution in [2.75, 3.05) is 19.8 Å². The van der Waals surface area contributed by atoms with Crippen molar-refractivity contribution in [3.8, 4) is 0 Å². The first kappa shape index (κ1) is 14.6. The number of hydrogen-bond donors (Lipinski definition) is 0. The fourth-order valence-electron chi connectivity index (χ4n) is 0.657. The van der Waals surface area contributed by atoms with E-state index in [1.165, 1.54) is 0 Å². The van der Waals surface area contributed by atoms with Crippen LogP contribution in [-0.4, -0.2) is 31.4 Å². The van der Waals surface area contributed by atoms with Gasteiger partial charge in [-0.05, 0) is 20.8 Å². The highest BCUT2D eigenvalue weighted by molar-refractivity contribution is 9.06. The normalized spacial score (nSPS) is 11.2. The first-order chi connectivity index (χ1) is 6.89. The average molecular weight is 281 g/mol. The number of rotatable bonds is 7. The summed E-state index contributed by atoms with van der Waals surface area (Å²) in [6.45, 7) is 9.81. The van der Waals surface area contributed by atoms with Crippen LogP contribution in [0.1, 0.15) is 20.8 Å².